The van der Waals surface area contributed by atoms with Gasteiger partial charge in [-0.2, -0.15) is 0 Å². The first-order chi connectivity index (χ1) is 9.33. The molecule has 1 aromatic carbocycles. The Morgan fingerprint density at radius 1 is 1.15 bits per heavy atom. The molecule has 1 aliphatic rings. The number of rotatable bonds is 2. The van der Waals surface area contributed by atoms with Gasteiger partial charge in [-0.15, -0.1) is 12.4 Å². The summed E-state index contributed by atoms with van der Waals surface area (Å²) >= 11 is 0. The van der Waals surface area contributed by atoms with Gasteiger partial charge in [0, 0.05) is 6.20 Å². The number of aromatic nitrogens is 1. The van der Waals surface area contributed by atoms with Gasteiger partial charge in [0.2, 0.25) is 0 Å². The van der Waals surface area contributed by atoms with E-state index in [1.807, 2.05) is 0 Å². The minimum atomic E-state index is -0.454. The van der Waals surface area contributed by atoms with Gasteiger partial charge in [0.25, 0.3) is 0 Å². The summed E-state index contributed by atoms with van der Waals surface area (Å²) in [7, 11) is 0. The number of hydrogen-bond donors (Lipinski definition) is 0. The van der Waals surface area contributed by atoms with Crippen molar-refractivity contribution < 1.29 is 19.0 Å². The van der Waals surface area contributed by atoms with Crippen molar-refractivity contribution in [3.05, 3.63) is 48.3 Å². The van der Waals surface area contributed by atoms with Gasteiger partial charge in [-0.05, 0) is 30.3 Å². The van der Waals surface area contributed by atoms with Gasteiger partial charge in [-0.3, -0.25) is 4.98 Å². The minimum Gasteiger partial charge on any atom is -0.486 e. The maximum atomic E-state index is 12.0. The summed E-state index contributed by atoms with van der Waals surface area (Å²) in [4.78, 5) is 15.8. The summed E-state index contributed by atoms with van der Waals surface area (Å²) in [5.74, 6) is 1.16. The molecule has 0 saturated heterocycles. The first-order valence-corrected chi connectivity index (χ1v) is 5.85. The molecule has 0 aliphatic carbocycles. The van der Waals surface area contributed by atoms with Crippen LogP contribution in [0.25, 0.3) is 0 Å². The Labute approximate surface area is 121 Å². The highest BCUT2D eigenvalue weighted by Gasteiger charge is 2.16. The number of nitrogens with zero attached hydrogens (tertiary/aromatic N) is 1. The molecule has 0 radical (unpaired) electrons. The smallest absolute Gasteiger partial charge is 0.343 e. The van der Waals surface area contributed by atoms with Crippen LogP contribution in [-0.4, -0.2) is 24.2 Å². The summed E-state index contributed by atoms with van der Waals surface area (Å²) in [6, 6.07) is 8.34. The molecule has 3 rings (SSSR count). The third-order valence-electron chi connectivity index (χ3n) is 2.62. The Hall–Kier alpha value is -2.27. The Morgan fingerprint density at radius 3 is 2.70 bits per heavy atom. The predicted molar refractivity (Wildman–Crippen MR) is 73.9 cm³/mol. The van der Waals surface area contributed by atoms with E-state index in [0.29, 0.717) is 36.0 Å². The molecule has 0 unspecified atom stereocenters. The molecule has 0 bridgehead atoms. The molecule has 104 valence electrons. The number of halogens is 1. The fraction of sp³-hybridized carbons (Fsp3) is 0.143. The molecule has 5 nitrogen and oxygen atoms in total. The SMILES string of the molecule is Cl.O=C(Oc1cccnc1)c1ccc2c(c1)OCCO2. The molecule has 6 heteroatoms. The van der Waals surface area contributed by atoms with Gasteiger partial charge in [-0.25, -0.2) is 4.79 Å². The average molecular weight is 294 g/mol. The molecule has 1 aliphatic heterocycles. The topological polar surface area (TPSA) is 57.7 Å². The van der Waals surface area contributed by atoms with Crippen molar-refractivity contribution in [2.45, 2.75) is 0 Å². The Kier molecular flexibility index (Phi) is 4.42. The van der Waals surface area contributed by atoms with Crippen molar-refractivity contribution in [1.82, 2.24) is 4.98 Å². The first-order valence-electron chi connectivity index (χ1n) is 5.85. The third kappa shape index (κ3) is 3.00. The Bertz CT molecular complexity index is 603. The van der Waals surface area contributed by atoms with Crippen LogP contribution in [0.15, 0.2) is 42.7 Å². The first kappa shape index (κ1) is 14.1. The fourth-order valence-corrected chi connectivity index (χ4v) is 1.74. The number of fused-ring (bicyclic) bond motifs is 1. The molecule has 0 N–H and O–H groups in total. The van der Waals surface area contributed by atoms with Gasteiger partial charge < -0.3 is 14.2 Å². The fourth-order valence-electron chi connectivity index (χ4n) is 1.74. The standard InChI is InChI=1S/C14H11NO4.ClH/c16-14(19-11-2-1-5-15-9-11)10-3-4-12-13(8-10)18-7-6-17-12;/h1-5,8-9H,6-7H2;1H. The number of pyridine rings is 1. The number of hydrogen-bond acceptors (Lipinski definition) is 5. The summed E-state index contributed by atoms with van der Waals surface area (Å²) in [6.45, 7) is 1.00. The van der Waals surface area contributed by atoms with E-state index in [0.717, 1.165) is 0 Å². The number of esters is 1. The van der Waals surface area contributed by atoms with Gasteiger partial charge in [0.15, 0.2) is 11.5 Å². The Balaban J connectivity index is 0.00000147. The summed E-state index contributed by atoms with van der Waals surface area (Å²) in [5.41, 5.74) is 0.410. The van der Waals surface area contributed by atoms with Crippen LogP contribution >= 0.6 is 12.4 Å². The lowest BCUT2D eigenvalue weighted by Gasteiger charge is -2.18. The summed E-state index contributed by atoms with van der Waals surface area (Å²) in [5, 5.41) is 0. The molecular weight excluding hydrogens is 282 g/mol. The van der Waals surface area contributed by atoms with Crippen molar-refractivity contribution in [3.63, 3.8) is 0 Å². The van der Waals surface area contributed by atoms with E-state index in [2.05, 4.69) is 4.98 Å². The number of carbonyl (C=O) groups excluding carboxylic acids is 1. The molecule has 0 atom stereocenters. The molecule has 1 aromatic heterocycles. The van der Waals surface area contributed by atoms with E-state index >= 15 is 0 Å². The molecule has 0 saturated carbocycles. The Morgan fingerprint density at radius 2 is 1.95 bits per heavy atom. The van der Waals surface area contributed by atoms with E-state index in [-0.39, 0.29) is 12.4 Å². The van der Waals surface area contributed by atoms with E-state index in [9.17, 15) is 4.79 Å². The normalized spacial score (nSPS) is 12.2. The highest BCUT2D eigenvalue weighted by Crippen LogP contribution is 2.31. The maximum absolute atomic E-state index is 12.0. The molecule has 0 amide bonds. The van der Waals surface area contributed by atoms with Crippen LogP contribution in [0.1, 0.15) is 10.4 Å². The van der Waals surface area contributed by atoms with Crippen molar-refractivity contribution in [2.24, 2.45) is 0 Å². The molecule has 2 heterocycles. The largest absolute Gasteiger partial charge is 0.486 e. The van der Waals surface area contributed by atoms with Crippen LogP contribution in [0, 0.1) is 0 Å². The van der Waals surface area contributed by atoms with E-state index in [4.69, 9.17) is 14.2 Å². The molecule has 0 spiro atoms. The van der Waals surface area contributed by atoms with Crippen molar-refractivity contribution >= 4 is 18.4 Å². The monoisotopic (exact) mass is 293 g/mol. The lowest BCUT2D eigenvalue weighted by atomic mass is 10.2. The zero-order valence-electron chi connectivity index (χ0n) is 10.4. The van der Waals surface area contributed by atoms with E-state index in [1.54, 1.807) is 36.5 Å². The van der Waals surface area contributed by atoms with Crippen molar-refractivity contribution in [3.8, 4) is 17.2 Å². The van der Waals surface area contributed by atoms with E-state index < -0.39 is 5.97 Å². The van der Waals surface area contributed by atoms with Crippen molar-refractivity contribution in [1.29, 1.82) is 0 Å². The van der Waals surface area contributed by atoms with Crippen LogP contribution in [-0.2, 0) is 0 Å². The second-order valence-corrected chi connectivity index (χ2v) is 3.94. The number of ether oxygens (including phenoxy) is 3. The van der Waals surface area contributed by atoms with Crippen molar-refractivity contribution in [2.75, 3.05) is 13.2 Å². The van der Waals surface area contributed by atoms with Crippen LogP contribution < -0.4 is 14.2 Å². The van der Waals surface area contributed by atoms with Gasteiger partial charge in [-0.1, -0.05) is 0 Å². The lowest BCUT2D eigenvalue weighted by Crippen LogP contribution is -2.16. The average Bonchev–Trinajstić information content (AvgIpc) is 2.48. The summed E-state index contributed by atoms with van der Waals surface area (Å²) in [6.07, 6.45) is 3.09. The van der Waals surface area contributed by atoms with Crippen LogP contribution in [0.4, 0.5) is 0 Å². The van der Waals surface area contributed by atoms with Crippen LogP contribution in [0.3, 0.4) is 0 Å². The predicted octanol–water partition coefficient (Wildman–Crippen LogP) is 2.49. The third-order valence-corrected chi connectivity index (χ3v) is 2.62. The van der Waals surface area contributed by atoms with Gasteiger partial charge in [0.1, 0.15) is 19.0 Å². The molecule has 2 aromatic rings. The van der Waals surface area contributed by atoms with E-state index in [1.165, 1.54) is 6.20 Å². The molecule has 20 heavy (non-hydrogen) atoms. The second kappa shape index (κ2) is 6.25. The highest BCUT2D eigenvalue weighted by molar-refractivity contribution is 5.91. The summed E-state index contributed by atoms with van der Waals surface area (Å²) < 4.78 is 16.0. The zero-order valence-corrected chi connectivity index (χ0v) is 11.3. The number of carbonyl (C=O) groups is 1. The zero-order chi connectivity index (χ0) is 13.1. The molecular formula is C14H12ClNO4. The van der Waals surface area contributed by atoms with Gasteiger partial charge in [0.05, 0.1) is 11.8 Å². The second-order valence-electron chi connectivity index (χ2n) is 3.94. The van der Waals surface area contributed by atoms with Gasteiger partial charge >= 0.3 is 5.97 Å². The lowest BCUT2D eigenvalue weighted by molar-refractivity contribution is 0.0733. The highest BCUT2D eigenvalue weighted by atomic mass is 35.5. The number of benzene rings is 1. The van der Waals surface area contributed by atoms with Crippen LogP contribution in [0.5, 0.6) is 17.2 Å². The molecule has 0 fully saturated rings. The quantitative estimate of drug-likeness (QED) is 0.796. The minimum absolute atomic E-state index is 0. The maximum Gasteiger partial charge on any atom is 0.343 e. The van der Waals surface area contributed by atoms with Crippen LogP contribution in [0.2, 0.25) is 0 Å².